The van der Waals surface area contributed by atoms with Crippen molar-refractivity contribution in [1.29, 1.82) is 0 Å². The maximum Gasteiger partial charge on any atom is 0.256 e. The number of furan rings is 1. The molecule has 0 saturated carbocycles. The van der Waals surface area contributed by atoms with E-state index in [9.17, 15) is 9.90 Å². The molecular formula is C23H28N2O6. The van der Waals surface area contributed by atoms with Crippen LogP contribution in [0.2, 0.25) is 0 Å². The molecule has 2 N–H and O–H groups in total. The number of nitrogens with zero attached hydrogens (tertiary/aromatic N) is 1. The summed E-state index contributed by atoms with van der Waals surface area (Å²) in [6.45, 7) is 6.39. The first-order valence-corrected chi connectivity index (χ1v) is 10.2. The fraction of sp³-hybridized carbons (Fsp3) is 0.391. The largest absolute Gasteiger partial charge is 0.489 e. The van der Waals surface area contributed by atoms with E-state index in [0.29, 0.717) is 33.9 Å². The highest BCUT2D eigenvalue weighted by Gasteiger charge is 2.40. The molecular weight excluding hydrogens is 400 g/mol. The molecule has 0 atom stereocenters. The predicted octanol–water partition coefficient (Wildman–Crippen LogP) is 3.24. The van der Waals surface area contributed by atoms with Gasteiger partial charge in [-0.05, 0) is 37.3 Å². The molecule has 2 aromatic heterocycles. The maximum absolute atomic E-state index is 12.9. The van der Waals surface area contributed by atoms with Crippen LogP contribution in [0.5, 0.6) is 11.6 Å². The SMILES string of the molecule is CC.COc1ncccc1COc1ccc2oc(C)c(C(=O)NC3(CO)COC3)c2c1. The maximum atomic E-state index is 12.9. The summed E-state index contributed by atoms with van der Waals surface area (Å²) in [7, 11) is 1.56. The van der Waals surface area contributed by atoms with Crippen LogP contribution >= 0.6 is 0 Å². The fourth-order valence-corrected chi connectivity index (χ4v) is 3.30. The van der Waals surface area contributed by atoms with Gasteiger partial charge in [-0.3, -0.25) is 4.79 Å². The van der Waals surface area contributed by atoms with Crippen LogP contribution in [0.4, 0.5) is 0 Å². The smallest absolute Gasteiger partial charge is 0.256 e. The van der Waals surface area contributed by atoms with E-state index < -0.39 is 5.54 Å². The van der Waals surface area contributed by atoms with Crippen LogP contribution in [0.15, 0.2) is 40.9 Å². The zero-order valence-electron chi connectivity index (χ0n) is 18.2. The van der Waals surface area contributed by atoms with Gasteiger partial charge in [0.2, 0.25) is 5.88 Å². The average Bonchev–Trinajstić information content (AvgIpc) is 3.11. The quantitative estimate of drug-likeness (QED) is 0.595. The van der Waals surface area contributed by atoms with Crippen LogP contribution in [0.25, 0.3) is 11.0 Å². The van der Waals surface area contributed by atoms with Crippen LogP contribution < -0.4 is 14.8 Å². The first-order valence-electron chi connectivity index (χ1n) is 10.2. The van der Waals surface area contributed by atoms with Gasteiger partial charge in [0.15, 0.2) is 0 Å². The Labute approximate surface area is 181 Å². The Morgan fingerprint density at radius 3 is 2.71 bits per heavy atom. The Bertz CT molecular complexity index is 1040. The van der Waals surface area contributed by atoms with E-state index in [-0.39, 0.29) is 32.3 Å². The molecule has 3 heterocycles. The minimum Gasteiger partial charge on any atom is -0.489 e. The highest BCUT2D eigenvalue weighted by Crippen LogP contribution is 2.30. The molecule has 0 unspecified atom stereocenters. The number of ether oxygens (including phenoxy) is 3. The Balaban J connectivity index is 0.00000132. The minimum atomic E-state index is -0.738. The summed E-state index contributed by atoms with van der Waals surface area (Å²) in [5, 5.41) is 13.1. The molecule has 4 rings (SSSR count). The van der Waals surface area contributed by atoms with E-state index in [0.717, 1.165) is 5.56 Å². The second kappa shape index (κ2) is 9.80. The van der Waals surface area contributed by atoms with E-state index in [1.807, 2.05) is 26.0 Å². The lowest BCUT2D eigenvalue weighted by molar-refractivity contribution is -0.0919. The Morgan fingerprint density at radius 2 is 2.06 bits per heavy atom. The lowest BCUT2D eigenvalue weighted by Crippen LogP contribution is -2.64. The number of amides is 1. The molecule has 1 aliphatic rings. The van der Waals surface area contributed by atoms with Crippen molar-refractivity contribution in [2.45, 2.75) is 32.9 Å². The monoisotopic (exact) mass is 428 g/mol. The number of fused-ring (bicyclic) bond motifs is 1. The minimum absolute atomic E-state index is 0.186. The second-order valence-electron chi connectivity index (χ2n) is 7.04. The molecule has 1 aromatic carbocycles. The molecule has 0 radical (unpaired) electrons. The third kappa shape index (κ3) is 4.65. The summed E-state index contributed by atoms with van der Waals surface area (Å²) < 4.78 is 22.0. The molecule has 3 aromatic rings. The third-order valence-electron chi connectivity index (χ3n) is 4.94. The molecule has 166 valence electrons. The summed E-state index contributed by atoms with van der Waals surface area (Å²) in [5.74, 6) is 1.27. The van der Waals surface area contributed by atoms with Crippen LogP contribution in [0.1, 0.15) is 35.5 Å². The Morgan fingerprint density at radius 1 is 1.29 bits per heavy atom. The van der Waals surface area contributed by atoms with Crippen LogP contribution in [-0.4, -0.2) is 48.5 Å². The lowest BCUT2D eigenvalue weighted by Gasteiger charge is -2.40. The van der Waals surface area contributed by atoms with Gasteiger partial charge in [-0.1, -0.05) is 13.8 Å². The van der Waals surface area contributed by atoms with Crippen molar-refractivity contribution in [3.8, 4) is 11.6 Å². The Kier molecular flexibility index (Phi) is 7.14. The number of aryl methyl sites for hydroxylation is 1. The summed E-state index contributed by atoms with van der Waals surface area (Å²) >= 11 is 0. The van der Waals surface area contributed by atoms with Crippen LogP contribution in [0, 0.1) is 6.92 Å². The predicted molar refractivity (Wildman–Crippen MR) is 116 cm³/mol. The molecule has 8 heteroatoms. The van der Waals surface area contributed by atoms with Crippen molar-refractivity contribution in [2.24, 2.45) is 0 Å². The van der Waals surface area contributed by atoms with Crippen molar-refractivity contribution >= 4 is 16.9 Å². The molecule has 1 aliphatic heterocycles. The molecule has 0 bridgehead atoms. The fourth-order valence-electron chi connectivity index (χ4n) is 3.30. The van der Waals surface area contributed by atoms with Crippen LogP contribution in [-0.2, 0) is 11.3 Å². The lowest BCUT2D eigenvalue weighted by atomic mass is 9.97. The number of carbonyl (C=O) groups excluding carboxylic acids is 1. The first kappa shape index (κ1) is 22.6. The van der Waals surface area contributed by atoms with Gasteiger partial charge < -0.3 is 29.1 Å². The number of carbonyl (C=O) groups is 1. The van der Waals surface area contributed by atoms with Crippen molar-refractivity contribution in [1.82, 2.24) is 10.3 Å². The molecule has 1 fully saturated rings. The zero-order valence-corrected chi connectivity index (χ0v) is 18.2. The van der Waals surface area contributed by atoms with E-state index in [4.69, 9.17) is 18.6 Å². The topological polar surface area (TPSA) is 103 Å². The first-order chi connectivity index (χ1) is 15.0. The van der Waals surface area contributed by atoms with Gasteiger partial charge in [0.25, 0.3) is 5.91 Å². The standard InChI is InChI=1S/C21H22N2O6.C2H6/c1-13-18(19(25)23-21(10-24)11-27-12-21)16-8-15(5-6-17(16)29-13)28-9-14-4-3-7-22-20(14)26-2;1-2/h3-8,24H,9-12H2,1-2H3,(H,23,25);1-2H3. The molecule has 1 saturated heterocycles. The summed E-state index contributed by atoms with van der Waals surface area (Å²) in [6, 6.07) is 9.01. The number of pyridine rings is 1. The number of aliphatic hydroxyl groups is 1. The summed E-state index contributed by atoms with van der Waals surface area (Å²) in [6.07, 6.45) is 1.65. The van der Waals surface area contributed by atoms with Gasteiger partial charge in [-0.25, -0.2) is 4.98 Å². The molecule has 8 nitrogen and oxygen atoms in total. The number of nitrogens with one attached hydrogen (secondary N) is 1. The summed E-state index contributed by atoms with van der Waals surface area (Å²) in [4.78, 5) is 17.0. The van der Waals surface area contributed by atoms with Gasteiger partial charge in [-0.15, -0.1) is 0 Å². The third-order valence-corrected chi connectivity index (χ3v) is 4.94. The number of hydrogen-bond donors (Lipinski definition) is 2. The van der Waals surface area contributed by atoms with E-state index >= 15 is 0 Å². The number of rotatable bonds is 7. The number of aliphatic hydroxyl groups excluding tert-OH is 1. The number of methoxy groups -OCH3 is 1. The average molecular weight is 428 g/mol. The number of hydrogen-bond acceptors (Lipinski definition) is 7. The van der Waals surface area contributed by atoms with Gasteiger partial charge in [-0.2, -0.15) is 0 Å². The van der Waals surface area contributed by atoms with Crippen LogP contribution in [0.3, 0.4) is 0 Å². The van der Waals surface area contributed by atoms with Crippen molar-refractivity contribution in [2.75, 3.05) is 26.9 Å². The molecule has 0 aliphatic carbocycles. The van der Waals surface area contributed by atoms with Gasteiger partial charge in [0, 0.05) is 11.6 Å². The van der Waals surface area contributed by atoms with Gasteiger partial charge in [0.1, 0.15) is 29.2 Å². The number of aromatic nitrogens is 1. The molecule has 31 heavy (non-hydrogen) atoms. The Hall–Kier alpha value is -3.10. The normalized spacial score (nSPS) is 14.2. The zero-order chi connectivity index (χ0) is 22.4. The van der Waals surface area contributed by atoms with E-state index in [2.05, 4.69) is 10.3 Å². The highest BCUT2D eigenvalue weighted by atomic mass is 16.5. The molecule has 0 spiro atoms. The van der Waals surface area contributed by atoms with Crippen molar-refractivity contribution < 1.29 is 28.5 Å². The summed E-state index contributed by atoms with van der Waals surface area (Å²) in [5.41, 5.74) is 1.08. The van der Waals surface area contributed by atoms with Gasteiger partial charge in [0.05, 0.1) is 38.1 Å². The van der Waals surface area contributed by atoms with Crippen molar-refractivity contribution in [3.63, 3.8) is 0 Å². The van der Waals surface area contributed by atoms with Crippen molar-refractivity contribution in [3.05, 3.63) is 53.4 Å². The van der Waals surface area contributed by atoms with E-state index in [1.165, 1.54) is 0 Å². The molecule has 1 amide bonds. The highest BCUT2D eigenvalue weighted by molar-refractivity contribution is 6.07. The van der Waals surface area contributed by atoms with Gasteiger partial charge >= 0.3 is 0 Å². The second-order valence-corrected chi connectivity index (χ2v) is 7.04. The number of benzene rings is 1. The van der Waals surface area contributed by atoms with E-state index in [1.54, 1.807) is 38.4 Å².